The Labute approximate surface area is 122 Å². The van der Waals surface area contributed by atoms with Crippen LogP contribution >= 0.6 is 0 Å². The molecule has 1 aromatic carbocycles. The van der Waals surface area contributed by atoms with E-state index in [2.05, 4.69) is 8.50 Å². The number of halogens is 1. The van der Waals surface area contributed by atoms with E-state index in [9.17, 15) is 21.8 Å². The number of nitrogens with one attached hydrogen (secondary N) is 1. The minimum Gasteiger partial charge on any atom is -0.465 e. The number of anilines is 1. The molecule has 1 atom stereocenters. The second-order valence-electron chi connectivity index (χ2n) is 4.09. The Morgan fingerprint density at radius 3 is 2.52 bits per heavy atom. The van der Waals surface area contributed by atoms with E-state index in [-0.39, 0.29) is 11.3 Å². The zero-order chi connectivity index (χ0) is 16.3. The molecule has 0 aromatic heterocycles. The Kier molecular flexibility index (Phi) is 5.29. The van der Waals surface area contributed by atoms with Crippen molar-refractivity contribution in [1.29, 1.82) is 0 Å². The van der Waals surface area contributed by atoms with Crippen LogP contribution in [-0.4, -0.2) is 37.7 Å². The highest BCUT2D eigenvalue weighted by molar-refractivity contribution is 8.03. The Hall–Kier alpha value is -1.68. The Morgan fingerprint density at radius 2 is 2.00 bits per heavy atom. The van der Waals surface area contributed by atoms with Crippen LogP contribution in [0.2, 0.25) is 0 Å². The lowest BCUT2D eigenvalue weighted by Gasteiger charge is -2.08. The van der Waals surface area contributed by atoms with Gasteiger partial charge in [0.15, 0.2) is 0 Å². The van der Waals surface area contributed by atoms with Crippen molar-refractivity contribution in [3.05, 3.63) is 29.6 Å². The van der Waals surface area contributed by atoms with E-state index in [4.69, 9.17) is 0 Å². The second kappa shape index (κ2) is 6.39. The SMILES string of the molecule is CCS(C)(=O)=NS(=O)(=O)Nc1cc(C(=O)OC)ccc1F. The van der Waals surface area contributed by atoms with Crippen LogP contribution in [-0.2, 0) is 24.7 Å². The molecule has 0 heterocycles. The van der Waals surface area contributed by atoms with Crippen LogP contribution in [0, 0.1) is 5.82 Å². The summed E-state index contributed by atoms with van der Waals surface area (Å²) in [4.78, 5) is 11.3. The van der Waals surface area contributed by atoms with Gasteiger partial charge in [0.25, 0.3) is 0 Å². The van der Waals surface area contributed by atoms with Gasteiger partial charge in [0.05, 0.1) is 28.1 Å². The molecule has 1 rings (SSSR count). The summed E-state index contributed by atoms with van der Waals surface area (Å²) in [6, 6.07) is 3.02. The predicted molar refractivity (Wildman–Crippen MR) is 77.3 cm³/mol. The molecule has 7 nitrogen and oxygen atoms in total. The molecule has 0 radical (unpaired) electrons. The number of esters is 1. The van der Waals surface area contributed by atoms with Crippen molar-refractivity contribution in [2.24, 2.45) is 3.77 Å². The molecule has 21 heavy (non-hydrogen) atoms. The standard InChI is InChI=1S/C11H15FN2O5S2/c1-4-20(3,16)14-21(17,18)13-10-7-8(11(15)19-2)5-6-9(10)12/h5-7,13H,4H2,1-3H3. The van der Waals surface area contributed by atoms with Crippen molar-refractivity contribution < 1.29 is 26.5 Å². The molecule has 0 amide bonds. The van der Waals surface area contributed by atoms with Gasteiger partial charge >= 0.3 is 16.2 Å². The maximum absolute atomic E-state index is 13.6. The number of rotatable bonds is 5. The van der Waals surface area contributed by atoms with Gasteiger partial charge in [-0.25, -0.2) is 13.4 Å². The molecule has 118 valence electrons. The lowest BCUT2D eigenvalue weighted by atomic mass is 10.2. The van der Waals surface area contributed by atoms with Gasteiger partial charge in [-0.3, -0.25) is 4.72 Å². The molecule has 0 saturated heterocycles. The van der Waals surface area contributed by atoms with Gasteiger partial charge in [-0.1, -0.05) is 10.7 Å². The number of benzene rings is 1. The first-order chi connectivity index (χ1) is 9.60. The maximum Gasteiger partial charge on any atom is 0.350 e. The first kappa shape index (κ1) is 17.4. The van der Waals surface area contributed by atoms with Gasteiger partial charge in [0.2, 0.25) is 0 Å². The van der Waals surface area contributed by atoms with Crippen LogP contribution in [0.15, 0.2) is 22.0 Å². The number of hydrogen-bond donors (Lipinski definition) is 1. The summed E-state index contributed by atoms with van der Waals surface area (Å²) >= 11 is 0. The lowest BCUT2D eigenvalue weighted by Crippen LogP contribution is -2.15. The topological polar surface area (TPSA) is 102 Å². The van der Waals surface area contributed by atoms with Crippen molar-refractivity contribution in [3.63, 3.8) is 0 Å². The number of carbonyl (C=O) groups excluding carboxylic acids is 1. The van der Waals surface area contributed by atoms with Crippen LogP contribution in [0.3, 0.4) is 0 Å². The maximum atomic E-state index is 13.6. The molecular weight excluding hydrogens is 323 g/mol. The molecule has 1 aromatic rings. The molecule has 0 aliphatic carbocycles. The molecule has 0 spiro atoms. The number of carbonyl (C=O) groups is 1. The summed E-state index contributed by atoms with van der Waals surface area (Å²) < 4.78 is 58.3. The largest absolute Gasteiger partial charge is 0.465 e. The molecule has 1 unspecified atom stereocenters. The lowest BCUT2D eigenvalue weighted by molar-refractivity contribution is 0.0600. The fourth-order valence-corrected chi connectivity index (χ4v) is 3.93. The van der Waals surface area contributed by atoms with Crippen LogP contribution in [0.25, 0.3) is 0 Å². The first-order valence-corrected chi connectivity index (χ1v) is 9.25. The fraction of sp³-hybridized carbons (Fsp3) is 0.364. The number of hydrogen-bond acceptors (Lipinski definition) is 5. The first-order valence-electron chi connectivity index (χ1n) is 5.72. The predicted octanol–water partition coefficient (Wildman–Crippen LogP) is 1.39. The van der Waals surface area contributed by atoms with Gasteiger partial charge in [-0.05, 0) is 18.2 Å². The highest BCUT2D eigenvalue weighted by atomic mass is 32.3. The Bertz CT molecular complexity index is 767. The molecule has 0 fully saturated rings. The summed E-state index contributed by atoms with van der Waals surface area (Å²) in [6.45, 7) is 1.51. The smallest absolute Gasteiger partial charge is 0.350 e. The number of ether oxygens (including phenoxy) is 1. The summed E-state index contributed by atoms with van der Waals surface area (Å²) in [5, 5.41) is 0. The van der Waals surface area contributed by atoms with Gasteiger partial charge < -0.3 is 4.74 Å². The van der Waals surface area contributed by atoms with Crippen LogP contribution < -0.4 is 4.72 Å². The van der Waals surface area contributed by atoms with Gasteiger partial charge in [-0.2, -0.15) is 8.42 Å². The average Bonchev–Trinajstić information content (AvgIpc) is 2.39. The third-order valence-corrected chi connectivity index (χ3v) is 6.01. The highest BCUT2D eigenvalue weighted by Crippen LogP contribution is 2.19. The van der Waals surface area contributed by atoms with Crippen molar-refractivity contribution in [2.45, 2.75) is 6.92 Å². The van der Waals surface area contributed by atoms with E-state index in [1.54, 1.807) is 0 Å². The Balaban J connectivity index is 3.22. The van der Waals surface area contributed by atoms with Crippen molar-refractivity contribution >= 4 is 31.6 Å². The summed E-state index contributed by atoms with van der Waals surface area (Å²) in [7, 11) is -6.16. The van der Waals surface area contributed by atoms with Crippen molar-refractivity contribution in [1.82, 2.24) is 0 Å². The quantitative estimate of drug-likeness (QED) is 0.817. The summed E-state index contributed by atoms with van der Waals surface area (Å²) in [6.07, 6.45) is 1.17. The normalized spacial score (nSPS) is 14.1. The molecule has 0 aliphatic rings. The van der Waals surface area contributed by atoms with Crippen LogP contribution in [0.5, 0.6) is 0 Å². The third-order valence-electron chi connectivity index (χ3n) is 2.42. The molecular formula is C11H15FN2O5S2. The molecule has 0 bridgehead atoms. The minimum absolute atomic E-state index is 0.0264. The van der Waals surface area contributed by atoms with E-state index >= 15 is 0 Å². The second-order valence-corrected chi connectivity index (χ2v) is 8.33. The molecule has 10 heteroatoms. The minimum atomic E-state index is -4.37. The zero-order valence-electron chi connectivity index (χ0n) is 11.6. The van der Waals surface area contributed by atoms with E-state index < -0.39 is 37.4 Å². The van der Waals surface area contributed by atoms with Crippen molar-refractivity contribution in [3.8, 4) is 0 Å². The summed E-state index contributed by atoms with van der Waals surface area (Å²) in [5.74, 6) is -1.63. The van der Waals surface area contributed by atoms with Gasteiger partial charge in [0.1, 0.15) is 5.82 Å². The van der Waals surface area contributed by atoms with Crippen molar-refractivity contribution in [2.75, 3.05) is 23.8 Å². The van der Waals surface area contributed by atoms with Crippen LogP contribution in [0.1, 0.15) is 17.3 Å². The van der Waals surface area contributed by atoms with E-state index in [1.165, 1.54) is 13.2 Å². The monoisotopic (exact) mass is 338 g/mol. The third kappa shape index (κ3) is 4.97. The highest BCUT2D eigenvalue weighted by Gasteiger charge is 2.16. The Morgan fingerprint density at radius 1 is 1.38 bits per heavy atom. The number of nitrogens with zero attached hydrogens (tertiary/aromatic N) is 1. The zero-order valence-corrected chi connectivity index (χ0v) is 13.3. The summed E-state index contributed by atoms with van der Waals surface area (Å²) in [5.41, 5.74) is -0.516. The molecule has 1 N–H and O–H groups in total. The van der Waals surface area contributed by atoms with E-state index in [0.717, 1.165) is 25.3 Å². The van der Waals surface area contributed by atoms with Gasteiger partial charge in [-0.15, -0.1) is 0 Å². The fourth-order valence-electron chi connectivity index (χ4n) is 1.27. The van der Waals surface area contributed by atoms with Crippen LogP contribution in [0.4, 0.5) is 10.1 Å². The van der Waals surface area contributed by atoms with Gasteiger partial charge in [0, 0.05) is 12.0 Å². The number of methoxy groups -OCH3 is 1. The van der Waals surface area contributed by atoms with E-state index in [1.807, 2.05) is 4.72 Å². The average molecular weight is 338 g/mol. The molecule has 0 aliphatic heterocycles. The van der Waals surface area contributed by atoms with E-state index in [0.29, 0.717) is 0 Å². The molecule has 0 saturated carbocycles.